The molecule has 1 N–H and O–H groups in total. The molecule has 0 heterocycles. The molecule has 0 atom stereocenters. The molecule has 0 aliphatic carbocycles. The summed E-state index contributed by atoms with van der Waals surface area (Å²) in [5.74, 6) is 5.88. The second-order valence-corrected chi connectivity index (χ2v) is 5.84. The van der Waals surface area contributed by atoms with Crippen LogP contribution in [0.3, 0.4) is 0 Å². The normalized spacial score (nSPS) is 10.8. The number of hydrogen-bond acceptors (Lipinski definition) is 2. The Balaban J connectivity index is 3.10. The van der Waals surface area contributed by atoms with Crippen LogP contribution in [0.15, 0.2) is 18.2 Å². The third-order valence-electron chi connectivity index (χ3n) is 4.02. The van der Waals surface area contributed by atoms with Crippen molar-refractivity contribution >= 4 is 5.91 Å². The summed E-state index contributed by atoms with van der Waals surface area (Å²) in [7, 11) is 1.84. The van der Waals surface area contributed by atoms with Gasteiger partial charge in [-0.15, -0.1) is 0 Å². The van der Waals surface area contributed by atoms with Gasteiger partial charge in [-0.25, -0.2) is 0 Å². The lowest BCUT2D eigenvalue weighted by Crippen LogP contribution is -2.44. The zero-order valence-corrected chi connectivity index (χ0v) is 13.7. The van der Waals surface area contributed by atoms with E-state index in [4.69, 9.17) is 5.11 Å². The van der Waals surface area contributed by atoms with Gasteiger partial charge in [-0.3, -0.25) is 4.79 Å². The molecule has 21 heavy (non-hydrogen) atoms. The highest BCUT2D eigenvalue weighted by molar-refractivity contribution is 5.96. The molecule has 0 aliphatic heterocycles. The summed E-state index contributed by atoms with van der Waals surface area (Å²) in [6.45, 7) is 8.19. The SMILES string of the molecule is CCC(C)(C)N(C)C(=O)c1cc(C#CCCO)ccc1C. The minimum absolute atomic E-state index is 0.0187. The van der Waals surface area contributed by atoms with Crippen LogP contribution in [0.5, 0.6) is 0 Å². The highest BCUT2D eigenvalue weighted by Crippen LogP contribution is 2.21. The molecule has 1 amide bonds. The molecule has 0 bridgehead atoms. The predicted molar refractivity (Wildman–Crippen MR) is 86.2 cm³/mol. The Hall–Kier alpha value is -1.79. The number of hydrogen-bond donors (Lipinski definition) is 1. The van der Waals surface area contributed by atoms with Crippen molar-refractivity contribution in [3.63, 3.8) is 0 Å². The minimum atomic E-state index is -0.178. The van der Waals surface area contributed by atoms with Crippen LogP contribution in [0, 0.1) is 18.8 Å². The maximum absolute atomic E-state index is 12.7. The van der Waals surface area contributed by atoms with Crippen molar-refractivity contribution in [2.45, 2.75) is 46.1 Å². The zero-order valence-electron chi connectivity index (χ0n) is 13.7. The molecule has 0 unspecified atom stereocenters. The van der Waals surface area contributed by atoms with E-state index < -0.39 is 0 Å². The third-order valence-corrected chi connectivity index (χ3v) is 4.02. The highest BCUT2D eigenvalue weighted by atomic mass is 16.2. The van der Waals surface area contributed by atoms with Gasteiger partial charge in [0.05, 0.1) is 6.61 Å². The molecule has 0 spiro atoms. The van der Waals surface area contributed by atoms with Gasteiger partial charge >= 0.3 is 0 Å². The van der Waals surface area contributed by atoms with Crippen LogP contribution < -0.4 is 0 Å². The number of nitrogens with zero attached hydrogens (tertiary/aromatic N) is 1. The van der Waals surface area contributed by atoms with Crippen molar-refractivity contribution < 1.29 is 9.90 Å². The first-order valence-electron chi connectivity index (χ1n) is 7.32. The maximum Gasteiger partial charge on any atom is 0.254 e. The van der Waals surface area contributed by atoms with Gasteiger partial charge < -0.3 is 10.0 Å². The molecule has 0 saturated heterocycles. The van der Waals surface area contributed by atoms with E-state index in [0.29, 0.717) is 12.0 Å². The molecule has 3 nitrogen and oxygen atoms in total. The summed E-state index contributed by atoms with van der Waals surface area (Å²) >= 11 is 0. The van der Waals surface area contributed by atoms with Gasteiger partial charge in [-0.05, 0) is 44.9 Å². The molecular formula is C18H25NO2. The fraction of sp³-hybridized carbons (Fsp3) is 0.500. The smallest absolute Gasteiger partial charge is 0.254 e. The average molecular weight is 287 g/mol. The Morgan fingerprint density at radius 2 is 2.05 bits per heavy atom. The number of aliphatic hydroxyl groups excluding tert-OH is 1. The number of carbonyl (C=O) groups is 1. The molecule has 1 rings (SSSR count). The van der Waals surface area contributed by atoms with Crippen LogP contribution in [0.2, 0.25) is 0 Å². The van der Waals surface area contributed by atoms with Crippen LogP contribution >= 0.6 is 0 Å². The fourth-order valence-corrected chi connectivity index (χ4v) is 1.84. The largest absolute Gasteiger partial charge is 0.395 e. The molecule has 0 radical (unpaired) electrons. The van der Waals surface area contributed by atoms with E-state index in [1.165, 1.54) is 0 Å². The monoisotopic (exact) mass is 287 g/mol. The summed E-state index contributed by atoms with van der Waals surface area (Å²) in [6, 6.07) is 5.66. The van der Waals surface area contributed by atoms with Crippen molar-refractivity contribution in [3.05, 3.63) is 34.9 Å². The molecule has 0 aromatic heterocycles. The zero-order chi connectivity index (χ0) is 16.0. The van der Waals surface area contributed by atoms with Crippen LogP contribution in [-0.2, 0) is 0 Å². The molecule has 114 valence electrons. The lowest BCUT2D eigenvalue weighted by molar-refractivity contribution is 0.0619. The van der Waals surface area contributed by atoms with E-state index in [2.05, 4.69) is 32.6 Å². The second kappa shape index (κ2) is 7.28. The molecule has 0 saturated carbocycles. The average Bonchev–Trinajstić information content (AvgIpc) is 2.47. The quantitative estimate of drug-likeness (QED) is 0.865. The standard InChI is InChI=1S/C18H25NO2/c1-6-18(3,4)19(5)17(21)16-13-15(9-7-8-12-20)11-10-14(16)2/h10-11,13,20H,6,8,12H2,1-5H3. The lowest BCUT2D eigenvalue weighted by atomic mass is 9.97. The van der Waals surface area contributed by atoms with E-state index >= 15 is 0 Å². The van der Waals surface area contributed by atoms with E-state index in [1.54, 1.807) is 4.90 Å². The summed E-state index contributed by atoms with van der Waals surface area (Å²) < 4.78 is 0. The molecule has 0 aliphatic rings. The van der Waals surface area contributed by atoms with Crippen LogP contribution in [0.4, 0.5) is 0 Å². The van der Waals surface area contributed by atoms with Gasteiger partial charge in [-0.1, -0.05) is 24.8 Å². The Labute approximate surface area is 128 Å². The molecule has 3 heteroatoms. The third kappa shape index (κ3) is 4.34. The van der Waals surface area contributed by atoms with Gasteiger partial charge in [0.15, 0.2) is 0 Å². The first-order chi connectivity index (χ1) is 9.83. The highest BCUT2D eigenvalue weighted by Gasteiger charge is 2.27. The predicted octanol–water partition coefficient (Wildman–Crippen LogP) is 2.99. The second-order valence-electron chi connectivity index (χ2n) is 5.84. The Bertz CT molecular complexity index is 564. The molecule has 0 fully saturated rings. The Kier molecular flexibility index (Phi) is 5.99. The Morgan fingerprint density at radius 1 is 1.38 bits per heavy atom. The van der Waals surface area contributed by atoms with Crippen LogP contribution in [-0.4, -0.2) is 35.1 Å². The van der Waals surface area contributed by atoms with Crippen molar-refractivity contribution in [1.82, 2.24) is 4.90 Å². The minimum Gasteiger partial charge on any atom is -0.395 e. The van der Waals surface area contributed by atoms with Crippen LogP contribution in [0.25, 0.3) is 0 Å². The fourth-order valence-electron chi connectivity index (χ4n) is 1.84. The van der Waals surface area contributed by atoms with E-state index in [1.807, 2.05) is 32.2 Å². The number of carbonyl (C=O) groups excluding carboxylic acids is 1. The van der Waals surface area contributed by atoms with Gasteiger partial charge in [-0.2, -0.15) is 0 Å². The van der Waals surface area contributed by atoms with Gasteiger partial charge in [0.1, 0.15) is 0 Å². The maximum atomic E-state index is 12.7. The van der Waals surface area contributed by atoms with Gasteiger partial charge in [0.25, 0.3) is 5.91 Å². The van der Waals surface area contributed by atoms with Crippen molar-refractivity contribution in [2.24, 2.45) is 0 Å². The van der Waals surface area contributed by atoms with Crippen molar-refractivity contribution in [1.29, 1.82) is 0 Å². The first kappa shape index (κ1) is 17.3. The van der Waals surface area contributed by atoms with E-state index in [0.717, 1.165) is 17.5 Å². The number of aliphatic hydroxyl groups is 1. The molecular weight excluding hydrogens is 262 g/mol. The lowest BCUT2D eigenvalue weighted by Gasteiger charge is -2.35. The Morgan fingerprint density at radius 3 is 2.62 bits per heavy atom. The number of amides is 1. The summed E-state index contributed by atoms with van der Waals surface area (Å²) in [6.07, 6.45) is 1.34. The first-order valence-corrected chi connectivity index (χ1v) is 7.32. The van der Waals surface area contributed by atoms with Gasteiger partial charge in [0, 0.05) is 30.1 Å². The molecule has 1 aromatic carbocycles. The number of benzene rings is 1. The van der Waals surface area contributed by atoms with Crippen LogP contribution in [0.1, 0.15) is 55.1 Å². The summed E-state index contributed by atoms with van der Waals surface area (Å²) in [5, 5.41) is 8.76. The summed E-state index contributed by atoms with van der Waals surface area (Å²) in [4.78, 5) is 14.5. The topological polar surface area (TPSA) is 40.5 Å². The number of aryl methyl sites for hydroxylation is 1. The van der Waals surface area contributed by atoms with E-state index in [9.17, 15) is 4.79 Å². The van der Waals surface area contributed by atoms with E-state index in [-0.39, 0.29) is 18.1 Å². The molecule has 1 aromatic rings. The summed E-state index contributed by atoms with van der Waals surface area (Å²) in [5.41, 5.74) is 2.27. The van der Waals surface area contributed by atoms with Crippen molar-refractivity contribution in [2.75, 3.05) is 13.7 Å². The van der Waals surface area contributed by atoms with Gasteiger partial charge in [0.2, 0.25) is 0 Å². The number of rotatable bonds is 4. The van der Waals surface area contributed by atoms with Crippen molar-refractivity contribution in [3.8, 4) is 11.8 Å².